The Morgan fingerprint density at radius 1 is 1.53 bits per heavy atom. The molecule has 0 atom stereocenters. The number of amides is 1. The number of carbonyl (C=O) groups is 2. The summed E-state index contributed by atoms with van der Waals surface area (Å²) >= 11 is 1.55. The Balaban J connectivity index is 2.50. The standard InChI is InChI=1S/C10H13NO3S/c1-3-14-10(13)9(12)11(2)7-8-5-4-6-15-8/h4-6H,3,7H2,1-2H3. The van der Waals surface area contributed by atoms with Gasteiger partial charge in [-0.1, -0.05) is 6.07 Å². The van der Waals surface area contributed by atoms with E-state index in [0.29, 0.717) is 6.54 Å². The Hall–Kier alpha value is -1.36. The normalized spacial score (nSPS) is 9.73. The number of rotatable bonds is 3. The first-order chi connectivity index (χ1) is 7.15. The van der Waals surface area contributed by atoms with Crippen LogP contribution >= 0.6 is 11.3 Å². The Kier molecular flexibility index (Phi) is 4.30. The molecule has 0 radical (unpaired) electrons. The number of ether oxygens (including phenoxy) is 1. The summed E-state index contributed by atoms with van der Waals surface area (Å²) in [6, 6.07) is 3.82. The van der Waals surface area contributed by atoms with Crippen molar-refractivity contribution in [3.63, 3.8) is 0 Å². The summed E-state index contributed by atoms with van der Waals surface area (Å²) in [7, 11) is 1.58. The zero-order valence-corrected chi connectivity index (χ0v) is 9.54. The molecule has 0 spiro atoms. The third kappa shape index (κ3) is 3.36. The topological polar surface area (TPSA) is 46.6 Å². The first-order valence-electron chi connectivity index (χ1n) is 4.59. The molecule has 1 aromatic heterocycles. The van der Waals surface area contributed by atoms with E-state index in [4.69, 9.17) is 0 Å². The van der Waals surface area contributed by atoms with Gasteiger partial charge in [0, 0.05) is 11.9 Å². The second-order valence-electron chi connectivity index (χ2n) is 2.96. The van der Waals surface area contributed by atoms with Gasteiger partial charge in [-0.25, -0.2) is 4.79 Å². The van der Waals surface area contributed by atoms with Crippen molar-refractivity contribution in [2.75, 3.05) is 13.7 Å². The molecule has 0 bridgehead atoms. The van der Waals surface area contributed by atoms with Crippen LogP contribution in [0.5, 0.6) is 0 Å². The van der Waals surface area contributed by atoms with Crippen LogP contribution in [0.4, 0.5) is 0 Å². The average Bonchev–Trinajstić information content (AvgIpc) is 2.69. The molecule has 4 nitrogen and oxygen atoms in total. The van der Waals surface area contributed by atoms with Crippen LogP contribution < -0.4 is 0 Å². The van der Waals surface area contributed by atoms with Crippen LogP contribution in [-0.4, -0.2) is 30.4 Å². The highest BCUT2D eigenvalue weighted by Gasteiger charge is 2.19. The van der Waals surface area contributed by atoms with Gasteiger partial charge in [0.15, 0.2) is 0 Å². The molecular formula is C10H13NO3S. The minimum Gasteiger partial charge on any atom is -0.459 e. The number of esters is 1. The van der Waals surface area contributed by atoms with E-state index in [0.717, 1.165) is 4.88 Å². The lowest BCUT2D eigenvalue weighted by atomic mass is 10.4. The van der Waals surface area contributed by atoms with E-state index in [2.05, 4.69) is 4.74 Å². The van der Waals surface area contributed by atoms with Crippen LogP contribution in [0.1, 0.15) is 11.8 Å². The summed E-state index contributed by atoms with van der Waals surface area (Å²) < 4.78 is 4.62. The van der Waals surface area contributed by atoms with Crippen molar-refractivity contribution in [2.45, 2.75) is 13.5 Å². The van der Waals surface area contributed by atoms with Crippen molar-refractivity contribution in [1.82, 2.24) is 4.90 Å². The molecule has 0 N–H and O–H groups in total. The largest absolute Gasteiger partial charge is 0.459 e. The molecule has 5 heteroatoms. The molecule has 0 aliphatic rings. The Bertz CT molecular complexity index is 334. The van der Waals surface area contributed by atoms with Crippen molar-refractivity contribution in [2.24, 2.45) is 0 Å². The number of thiophene rings is 1. The monoisotopic (exact) mass is 227 g/mol. The van der Waals surface area contributed by atoms with E-state index < -0.39 is 11.9 Å². The van der Waals surface area contributed by atoms with Gasteiger partial charge in [0.1, 0.15) is 0 Å². The minimum absolute atomic E-state index is 0.220. The van der Waals surface area contributed by atoms with E-state index >= 15 is 0 Å². The lowest BCUT2D eigenvalue weighted by molar-refractivity contribution is -0.159. The van der Waals surface area contributed by atoms with Crippen LogP contribution in [0, 0.1) is 0 Å². The smallest absolute Gasteiger partial charge is 0.397 e. The van der Waals surface area contributed by atoms with Crippen LogP contribution in [-0.2, 0) is 20.9 Å². The number of likely N-dealkylation sites (N-methyl/N-ethyl adjacent to an activating group) is 1. The van der Waals surface area contributed by atoms with E-state index in [1.165, 1.54) is 4.90 Å². The molecule has 0 aliphatic carbocycles. The van der Waals surface area contributed by atoms with E-state index in [9.17, 15) is 9.59 Å². The van der Waals surface area contributed by atoms with Crippen LogP contribution in [0.25, 0.3) is 0 Å². The highest BCUT2D eigenvalue weighted by molar-refractivity contribution is 7.09. The Morgan fingerprint density at radius 2 is 2.27 bits per heavy atom. The maximum Gasteiger partial charge on any atom is 0.397 e. The van der Waals surface area contributed by atoms with Crippen molar-refractivity contribution >= 4 is 23.2 Å². The first-order valence-corrected chi connectivity index (χ1v) is 5.47. The van der Waals surface area contributed by atoms with Crippen molar-refractivity contribution < 1.29 is 14.3 Å². The summed E-state index contributed by atoms with van der Waals surface area (Å²) in [6.07, 6.45) is 0. The Labute approximate surface area is 92.5 Å². The highest BCUT2D eigenvalue weighted by atomic mass is 32.1. The maximum atomic E-state index is 11.4. The van der Waals surface area contributed by atoms with Gasteiger partial charge >= 0.3 is 11.9 Å². The predicted octanol–water partition coefficient (Wildman–Crippen LogP) is 1.27. The predicted molar refractivity (Wildman–Crippen MR) is 57.4 cm³/mol. The molecular weight excluding hydrogens is 214 g/mol. The Morgan fingerprint density at radius 3 is 2.80 bits per heavy atom. The van der Waals surface area contributed by atoms with Crippen molar-refractivity contribution in [1.29, 1.82) is 0 Å². The zero-order chi connectivity index (χ0) is 11.3. The summed E-state index contributed by atoms with van der Waals surface area (Å²) in [4.78, 5) is 24.9. The summed E-state index contributed by atoms with van der Waals surface area (Å²) in [5.74, 6) is -1.40. The van der Waals surface area contributed by atoms with Gasteiger partial charge in [-0.3, -0.25) is 4.79 Å². The van der Waals surface area contributed by atoms with Crippen LogP contribution in [0.2, 0.25) is 0 Å². The second-order valence-corrected chi connectivity index (χ2v) is 3.99. The fourth-order valence-electron chi connectivity index (χ4n) is 1.06. The maximum absolute atomic E-state index is 11.4. The lowest BCUT2D eigenvalue weighted by Gasteiger charge is -2.14. The average molecular weight is 227 g/mol. The first kappa shape index (κ1) is 11.7. The van der Waals surface area contributed by atoms with Gasteiger partial charge in [-0.15, -0.1) is 11.3 Å². The molecule has 0 saturated carbocycles. The molecule has 0 saturated heterocycles. The molecule has 1 rings (SSSR count). The van der Waals surface area contributed by atoms with Gasteiger partial charge in [-0.2, -0.15) is 0 Å². The van der Waals surface area contributed by atoms with E-state index in [1.807, 2.05) is 17.5 Å². The molecule has 0 unspecified atom stereocenters. The molecule has 82 valence electrons. The van der Waals surface area contributed by atoms with Crippen LogP contribution in [0.15, 0.2) is 17.5 Å². The molecule has 15 heavy (non-hydrogen) atoms. The third-order valence-corrected chi connectivity index (χ3v) is 2.63. The fraction of sp³-hybridized carbons (Fsp3) is 0.400. The number of nitrogens with zero attached hydrogens (tertiary/aromatic N) is 1. The molecule has 1 heterocycles. The fourth-order valence-corrected chi connectivity index (χ4v) is 1.81. The van der Waals surface area contributed by atoms with E-state index in [1.54, 1.807) is 25.3 Å². The number of hydrogen-bond donors (Lipinski definition) is 0. The summed E-state index contributed by atoms with van der Waals surface area (Å²) in [6.45, 7) is 2.33. The summed E-state index contributed by atoms with van der Waals surface area (Å²) in [5, 5.41) is 1.93. The second kappa shape index (κ2) is 5.50. The lowest BCUT2D eigenvalue weighted by Crippen LogP contribution is -2.33. The third-order valence-electron chi connectivity index (χ3n) is 1.77. The molecule has 1 aromatic rings. The van der Waals surface area contributed by atoms with Crippen molar-refractivity contribution in [3.8, 4) is 0 Å². The molecule has 0 fully saturated rings. The molecule has 0 aromatic carbocycles. The van der Waals surface area contributed by atoms with Gasteiger partial charge in [0.05, 0.1) is 13.2 Å². The SMILES string of the molecule is CCOC(=O)C(=O)N(C)Cc1cccs1. The van der Waals surface area contributed by atoms with Gasteiger partial charge in [0.2, 0.25) is 0 Å². The minimum atomic E-state index is -0.795. The van der Waals surface area contributed by atoms with Gasteiger partial charge in [-0.05, 0) is 18.4 Å². The van der Waals surface area contributed by atoms with E-state index in [-0.39, 0.29) is 6.61 Å². The van der Waals surface area contributed by atoms with Gasteiger partial charge < -0.3 is 9.64 Å². The van der Waals surface area contributed by atoms with Gasteiger partial charge in [0.25, 0.3) is 0 Å². The molecule has 0 aliphatic heterocycles. The quantitative estimate of drug-likeness (QED) is 0.577. The van der Waals surface area contributed by atoms with Crippen molar-refractivity contribution in [3.05, 3.63) is 22.4 Å². The highest BCUT2D eigenvalue weighted by Crippen LogP contribution is 2.10. The summed E-state index contributed by atoms with van der Waals surface area (Å²) in [5.41, 5.74) is 0. The number of hydrogen-bond acceptors (Lipinski definition) is 4. The molecule has 1 amide bonds. The number of carbonyl (C=O) groups excluding carboxylic acids is 2. The zero-order valence-electron chi connectivity index (χ0n) is 8.73. The van der Waals surface area contributed by atoms with Crippen LogP contribution in [0.3, 0.4) is 0 Å².